The van der Waals surface area contributed by atoms with E-state index in [1.54, 1.807) is 0 Å². The van der Waals surface area contributed by atoms with Crippen molar-refractivity contribution in [2.45, 2.75) is 0 Å². The quantitative estimate of drug-likeness (QED) is 0.145. The van der Waals surface area contributed by atoms with Crippen LogP contribution in [-0.2, 0) is 0 Å². The number of nitrogens with zero attached hydrogens (tertiary/aromatic N) is 1. The van der Waals surface area contributed by atoms with Gasteiger partial charge in [0.25, 0.3) is 0 Å². The second-order valence-electron chi connectivity index (χ2n) is 15.8. The predicted octanol–water partition coefficient (Wildman–Crippen LogP) is 17.1. The first kappa shape index (κ1) is 36.8. The highest BCUT2D eigenvalue weighted by molar-refractivity contribution is 5.91. The Labute approximate surface area is 362 Å². The highest BCUT2D eigenvalue weighted by atomic mass is 16.3. The Morgan fingerprint density at radius 2 is 0.661 bits per heavy atom. The van der Waals surface area contributed by atoms with Crippen LogP contribution in [-0.4, -0.2) is 0 Å². The molecule has 292 valence electrons. The smallest absolute Gasteiger partial charge is 0.136 e. The van der Waals surface area contributed by atoms with E-state index < -0.39 is 0 Å². The fourth-order valence-electron chi connectivity index (χ4n) is 8.67. The summed E-state index contributed by atoms with van der Waals surface area (Å²) < 4.78 is 6.35. The monoisotopic (exact) mass is 791 g/mol. The molecule has 62 heavy (non-hydrogen) atoms. The zero-order chi connectivity index (χ0) is 41.2. The van der Waals surface area contributed by atoms with E-state index in [0.717, 1.165) is 56.0 Å². The van der Waals surface area contributed by atoms with Crippen LogP contribution in [0.3, 0.4) is 0 Å². The summed E-state index contributed by atoms with van der Waals surface area (Å²) in [4.78, 5) is 2.35. The van der Waals surface area contributed by atoms with Gasteiger partial charge in [0.05, 0.1) is 0 Å². The Balaban J connectivity index is 0.979. The van der Waals surface area contributed by atoms with Crippen LogP contribution in [0.25, 0.3) is 88.7 Å². The summed E-state index contributed by atoms with van der Waals surface area (Å²) in [7, 11) is 0. The van der Waals surface area contributed by atoms with E-state index in [2.05, 4.69) is 235 Å². The van der Waals surface area contributed by atoms with Gasteiger partial charge in [0.1, 0.15) is 11.3 Å². The molecule has 0 N–H and O–H groups in total. The molecular formula is C60H41NO. The molecule has 10 aromatic carbocycles. The molecule has 0 unspecified atom stereocenters. The highest BCUT2D eigenvalue weighted by Crippen LogP contribution is 2.41. The molecule has 0 fully saturated rings. The number of para-hydroxylation sites is 1. The first-order valence-electron chi connectivity index (χ1n) is 21.1. The molecule has 0 saturated carbocycles. The van der Waals surface area contributed by atoms with Gasteiger partial charge >= 0.3 is 0 Å². The second-order valence-corrected chi connectivity index (χ2v) is 15.8. The Hall–Kier alpha value is -8.20. The van der Waals surface area contributed by atoms with Crippen molar-refractivity contribution in [3.05, 3.63) is 249 Å². The van der Waals surface area contributed by atoms with Crippen LogP contribution in [0, 0.1) is 0 Å². The third-order valence-electron chi connectivity index (χ3n) is 11.9. The maximum Gasteiger partial charge on any atom is 0.136 e. The molecule has 1 heterocycles. The third kappa shape index (κ3) is 7.25. The van der Waals surface area contributed by atoms with Crippen LogP contribution in [0.2, 0.25) is 0 Å². The Bertz CT molecular complexity index is 3220. The van der Waals surface area contributed by atoms with Crippen LogP contribution in [0.4, 0.5) is 17.1 Å². The summed E-state index contributed by atoms with van der Waals surface area (Å²) >= 11 is 0. The van der Waals surface area contributed by atoms with E-state index in [-0.39, 0.29) is 0 Å². The molecule has 0 aliphatic rings. The molecule has 0 saturated heterocycles. The Kier molecular flexibility index (Phi) is 9.57. The van der Waals surface area contributed by atoms with E-state index in [1.165, 1.54) is 49.7 Å². The number of hydrogen-bond acceptors (Lipinski definition) is 2. The molecule has 0 spiro atoms. The maximum absolute atomic E-state index is 6.35. The van der Waals surface area contributed by atoms with Gasteiger partial charge in [0.15, 0.2) is 0 Å². The number of benzene rings is 10. The fraction of sp³-hybridized carbons (Fsp3) is 0. The van der Waals surface area contributed by atoms with E-state index in [9.17, 15) is 0 Å². The number of anilines is 3. The number of hydrogen-bond donors (Lipinski definition) is 0. The van der Waals surface area contributed by atoms with E-state index in [4.69, 9.17) is 4.42 Å². The third-order valence-corrected chi connectivity index (χ3v) is 11.9. The first-order chi connectivity index (χ1) is 30.7. The predicted molar refractivity (Wildman–Crippen MR) is 261 cm³/mol. The number of rotatable bonds is 9. The lowest BCUT2D eigenvalue weighted by atomic mass is 9.93. The SMILES string of the molecule is c1ccc(-c2cc(-c3ccccc3)cc(-c3ccc(N(c4ccc(-c5ccc6ccccc6c5)cc4)c4ccc(-c5ccccc5-c5cc6ccccc6o5)cc4)cc3)c2)cc1. The molecule has 2 heteroatoms. The van der Waals surface area contributed by atoms with Gasteiger partial charge in [-0.25, -0.2) is 0 Å². The molecule has 0 aliphatic carbocycles. The topological polar surface area (TPSA) is 16.4 Å². The van der Waals surface area contributed by atoms with Crippen molar-refractivity contribution in [2.24, 2.45) is 0 Å². The zero-order valence-electron chi connectivity index (χ0n) is 34.0. The summed E-state index contributed by atoms with van der Waals surface area (Å²) in [5.41, 5.74) is 16.9. The van der Waals surface area contributed by atoms with E-state index >= 15 is 0 Å². The van der Waals surface area contributed by atoms with Gasteiger partial charge in [0, 0.05) is 28.0 Å². The molecule has 2 nitrogen and oxygen atoms in total. The van der Waals surface area contributed by atoms with Gasteiger partial charge in [-0.05, 0) is 139 Å². The summed E-state index contributed by atoms with van der Waals surface area (Å²) in [6.07, 6.45) is 0. The minimum Gasteiger partial charge on any atom is -0.456 e. The minimum atomic E-state index is 0.865. The fourth-order valence-corrected chi connectivity index (χ4v) is 8.67. The molecule has 0 atom stereocenters. The summed E-state index contributed by atoms with van der Waals surface area (Å²) in [6, 6.07) is 89.1. The lowest BCUT2D eigenvalue weighted by molar-refractivity contribution is 0.632. The first-order valence-corrected chi connectivity index (χ1v) is 21.1. The summed E-state index contributed by atoms with van der Waals surface area (Å²) in [5, 5.41) is 3.58. The largest absolute Gasteiger partial charge is 0.456 e. The molecule has 0 aliphatic heterocycles. The Morgan fingerprint density at radius 1 is 0.242 bits per heavy atom. The minimum absolute atomic E-state index is 0.865. The molecule has 11 aromatic rings. The average molecular weight is 792 g/mol. The lowest BCUT2D eigenvalue weighted by Gasteiger charge is -2.26. The van der Waals surface area contributed by atoms with Crippen molar-refractivity contribution in [1.29, 1.82) is 0 Å². The van der Waals surface area contributed by atoms with Crippen molar-refractivity contribution >= 4 is 38.8 Å². The molecular weight excluding hydrogens is 751 g/mol. The average Bonchev–Trinajstić information content (AvgIpc) is 3.80. The number of furan rings is 1. The van der Waals surface area contributed by atoms with Crippen LogP contribution < -0.4 is 4.90 Å². The molecule has 0 radical (unpaired) electrons. The van der Waals surface area contributed by atoms with Crippen molar-refractivity contribution in [1.82, 2.24) is 0 Å². The number of fused-ring (bicyclic) bond motifs is 2. The van der Waals surface area contributed by atoms with Crippen molar-refractivity contribution in [3.63, 3.8) is 0 Å². The van der Waals surface area contributed by atoms with Crippen molar-refractivity contribution in [2.75, 3.05) is 4.90 Å². The molecule has 11 rings (SSSR count). The van der Waals surface area contributed by atoms with Gasteiger partial charge in [-0.1, -0.05) is 176 Å². The molecule has 1 aromatic heterocycles. The standard InChI is InChI=1S/C60H41NO/c1-3-13-42(14-4-1)51-38-52(43-15-5-2-6-16-43)40-53(39-51)46-27-33-55(34-28-46)61(54-31-25-45(26-32-54)49-24-23-44-17-7-8-18-48(44)37-49)56-35-29-47(30-36-56)57-20-10-11-21-58(57)60-41-50-19-9-12-22-59(50)62-60/h1-41H. The van der Waals surface area contributed by atoms with Crippen LogP contribution in [0.5, 0.6) is 0 Å². The van der Waals surface area contributed by atoms with Gasteiger partial charge < -0.3 is 9.32 Å². The summed E-state index contributed by atoms with van der Waals surface area (Å²) in [5.74, 6) is 0.865. The zero-order valence-corrected chi connectivity index (χ0v) is 34.0. The lowest BCUT2D eigenvalue weighted by Crippen LogP contribution is -2.09. The normalized spacial score (nSPS) is 11.2. The van der Waals surface area contributed by atoms with Crippen molar-refractivity contribution < 1.29 is 4.42 Å². The van der Waals surface area contributed by atoms with Gasteiger partial charge in [-0.2, -0.15) is 0 Å². The second kappa shape index (κ2) is 16.1. The highest BCUT2D eigenvalue weighted by Gasteiger charge is 2.17. The van der Waals surface area contributed by atoms with Crippen LogP contribution in [0.15, 0.2) is 253 Å². The molecule has 0 amide bonds. The summed E-state index contributed by atoms with van der Waals surface area (Å²) in [6.45, 7) is 0. The van der Waals surface area contributed by atoms with Crippen LogP contribution in [0.1, 0.15) is 0 Å². The van der Waals surface area contributed by atoms with Gasteiger partial charge in [-0.3, -0.25) is 0 Å². The Morgan fingerprint density at radius 3 is 1.23 bits per heavy atom. The maximum atomic E-state index is 6.35. The molecule has 0 bridgehead atoms. The van der Waals surface area contributed by atoms with E-state index in [1.807, 2.05) is 18.2 Å². The van der Waals surface area contributed by atoms with Gasteiger partial charge in [-0.15, -0.1) is 0 Å². The van der Waals surface area contributed by atoms with E-state index in [0.29, 0.717) is 0 Å². The van der Waals surface area contributed by atoms with Crippen molar-refractivity contribution in [3.8, 4) is 67.0 Å². The van der Waals surface area contributed by atoms with Gasteiger partial charge in [0.2, 0.25) is 0 Å². The van der Waals surface area contributed by atoms with Crippen LogP contribution >= 0.6 is 0 Å².